The van der Waals surface area contributed by atoms with Crippen LogP contribution in [0.5, 0.6) is 0 Å². The highest BCUT2D eigenvalue weighted by Gasteiger charge is 2.31. The van der Waals surface area contributed by atoms with Gasteiger partial charge in [-0.05, 0) is 43.0 Å². The average molecular weight is 163 g/mol. The molecule has 0 spiro atoms. The number of aliphatic hydroxyl groups is 1. The smallest absolute Gasteiger partial charge is 0.0874 e. The molecule has 1 aliphatic carbocycles. The van der Waals surface area contributed by atoms with Crippen molar-refractivity contribution >= 4 is 5.69 Å². The van der Waals surface area contributed by atoms with Crippen LogP contribution in [-0.4, -0.2) is 5.11 Å². The average Bonchev–Trinajstić information content (AvgIpc) is 2.27. The lowest BCUT2D eigenvalue weighted by Gasteiger charge is -2.17. The largest absolute Gasteiger partial charge is 0.399 e. The van der Waals surface area contributed by atoms with Crippen molar-refractivity contribution in [2.24, 2.45) is 0 Å². The highest BCUT2D eigenvalue weighted by Crippen LogP contribution is 2.36. The highest BCUT2D eigenvalue weighted by atomic mass is 16.3. The van der Waals surface area contributed by atoms with Crippen LogP contribution < -0.4 is 5.73 Å². The molecule has 1 atom stereocenters. The van der Waals surface area contributed by atoms with Gasteiger partial charge in [-0.3, -0.25) is 0 Å². The maximum Gasteiger partial charge on any atom is 0.0874 e. The predicted molar refractivity (Wildman–Crippen MR) is 48.7 cm³/mol. The van der Waals surface area contributed by atoms with Gasteiger partial charge in [0.05, 0.1) is 5.60 Å². The van der Waals surface area contributed by atoms with Crippen molar-refractivity contribution in [3.63, 3.8) is 0 Å². The number of anilines is 1. The Morgan fingerprint density at radius 1 is 1.50 bits per heavy atom. The molecule has 64 valence electrons. The second-order valence-electron chi connectivity index (χ2n) is 3.69. The second-order valence-corrected chi connectivity index (χ2v) is 3.69. The van der Waals surface area contributed by atoms with Gasteiger partial charge in [-0.2, -0.15) is 0 Å². The number of hydrogen-bond acceptors (Lipinski definition) is 2. The summed E-state index contributed by atoms with van der Waals surface area (Å²) in [7, 11) is 0. The van der Waals surface area contributed by atoms with Crippen molar-refractivity contribution in [1.29, 1.82) is 0 Å². The van der Waals surface area contributed by atoms with E-state index < -0.39 is 5.60 Å². The Hall–Kier alpha value is -1.02. The minimum absolute atomic E-state index is 0.636. The second kappa shape index (κ2) is 2.23. The van der Waals surface area contributed by atoms with Gasteiger partial charge in [-0.25, -0.2) is 0 Å². The number of nitrogen functional groups attached to an aromatic ring is 1. The molecular formula is C10H13NO. The molecule has 0 aliphatic heterocycles. The van der Waals surface area contributed by atoms with Crippen molar-refractivity contribution in [3.05, 3.63) is 29.3 Å². The minimum atomic E-state index is -0.636. The Balaban J connectivity index is 2.55. The Morgan fingerprint density at radius 2 is 2.25 bits per heavy atom. The van der Waals surface area contributed by atoms with E-state index in [1.54, 1.807) is 0 Å². The standard InChI is InChI=1S/C10H13NO/c1-10(12)5-4-7-6-8(11)2-3-9(7)10/h2-3,6,12H,4-5,11H2,1H3. The number of rotatable bonds is 0. The first kappa shape index (κ1) is 7.62. The number of benzene rings is 1. The summed E-state index contributed by atoms with van der Waals surface area (Å²) in [5.41, 5.74) is 8.02. The highest BCUT2D eigenvalue weighted by molar-refractivity contribution is 5.48. The van der Waals surface area contributed by atoms with Gasteiger partial charge in [0, 0.05) is 5.69 Å². The molecule has 0 aromatic heterocycles. The van der Waals surface area contributed by atoms with Crippen molar-refractivity contribution in [2.75, 3.05) is 5.73 Å². The summed E-state index contributed by atoms with van der Waals surface area (Å²) in [4.78, 5) is 0. The molecule has 2 heteroatoms. The predicted octanol–water partition coefficient (Wildman–Crippen LogP) is 1.42. The first-order chi connectivity index (χ1) is 5.59. The molecule has 2 rings (SSSR count). The van der Waals surface area contributed by atoms with Gasteiger partial charge < -0.3 is 10.8 Å². The van der Waals surface area contributed by atoms with Gasteiger partial charge in [0.2, 0.25) is 0 Å². The number of nitrogens with two attached hydrogens (primary N) is 1. The van der Waals surface area contributed by atoms with E-state index in [2.05, 4.69) is 0 Å². The molecule has 0 heterocycles. The van der Waals surface area contributed by atoms with Gasteiger partial charge in [-0.1, -0.05) is 6.07 Å². The van der Waals surface area contributed by atoms with E-state index in [1.165, 1.54) is 5.56 Å². The quantitative estimate of drug-likeness (QED) is 0.568. The van der Waals surface area contributed by atoms with Crippen LogP contribution in [0.2, 0.25) is 0 Å². The van der Waals surface area contributed by atoms with Crippen LogP contribution in [-0.2, 0) is 12.0 Å². The zero-order valence-electron chi connectivity index (χ0n) is 7.17. The van der Waals surface area contributed by atoms with Crippen LogP contribution in [0.25, 0.3) is 0 Å². The molecule has 2 nitrogen and oxygen atoms in total. The van der Waals surface area contributed by atoms with Gasteiger partial charge >= 0.3 is 0 Å². The van der Waals surface area contributed by atoms with E-state index in [0.717, 1.165) is 24.1 Å². The Kier molecular flexibility index (Phi) is 1.42. The number of hydrogen-bond donors (Lipinski definition) is 2. The van der Waals surface area contributed by atoms with Gasteiger partial charge in [0.1, 0.15) is 0 Å². The molecule has 3 N–H and O–H groups in total. The lowest BCUT2D eigenvalue weighted by Crippen LogP contribution is -2.16. The van der Waals surface area contributed by atoms with Crippen LogP contribution in [0.1, 0.15) is 24.5 Å². The van der Waals surface area contributed by atoms with Crippen LogP contribution in [0.15, 0.2) is 18.2 Å². The molecule has 0 radical (unpaired) electrons. The maximum atomic E-state index is 9.90. The molecule has 1 aliphatic rings. The summed E-state index contributed by atoms with van der Waals surface area (Å²) in [6.07, 6.45) is 1.75. The Bertz CT molecular complexity index is 318. The van der Waals surface area contributed by atoms with Gasteiger partial charge in [0.25, 0.3) is 0 Å². The van der Waals surface area contributed by atoms with Gasteiger partial charge in [0.15, 0.2) is 0 Å². The van der Waals surface area contributed by atoms with E-state index in [9.17, 15) is 5.11 Å². The molecule has 1 unspecified atom stereocenters. The molecule has 0 fully saturated rings. The zero-order valence-corrected chi connectivity index (χ0v) is 7.17. The van der Waals surface area contributed by atoms with E-state index >= 15 is 0 Å². The van der Waals surface area contributed by atoms with Crippen molar-refractivity contribution in [1.82, 2.24) is 0 Å². The SMILES string of the molecule is CC1(O)CCc2cc(N)ccc21. The Morgan fingerprint density at radius 3 is 3.00 bits per heavy atom. The molecule has 0 saturated carbocycles. The third-order valence-corrected chi connectivity index (χ3v) is 2.59. The summed E-state index contributed by atoms with van der Waals surface area (Å²) in [5, 5.41) is 9.90. The summed E-state index contributed by atoms with van der Waals surface area (Å²) < 4.78 is 0. The fourth-order valence-electron chi connectivity index (χ4n) is 1.86. The van der Waals surface area contributed by atoms with Crippen LogP contribution >= 0.6 is 0 Å². The molecule has 0 amide bonds. The number of fused-ring (bicyclic) bond motifs is 1. The molecule has 12 heavy (non-hydrogen) atoms. The fraction of sp³-hybridized carbons (Fsp3) is 0.400. The van der Waals surface area contributed by atoms with E-state index in [4.69, 9.17) is 5.73 Å². The van der Waals surface area contributed by atoms with E-state index in [0.29, 0.717) is 0 Å². The fourth-order valence-corrected chi connectivity index (χ4v) is 1.86. The molecule has 0 bridgehead atoms. The molecule has 1 aromatic rings. The third kappa shape index (κ3) is 0.994. The normalized spacial score (nSPS) is 27.2. The monoisotopic (exact) mass is 163 g/mol. The Labute approximate surface area is 72.0 Å². The summed E-state index contributed by atoms with van der Waals surface area (Å²) >= 11 is 0. The maximum absolute atomic E-state index is 9.90. The topological polar surface area (TPSA) is 46.2 Å². The zero-order chi connectivity index (χ0) is 8.77. The summed E-state index contributed by atoms with van der Waals surface area (Å²) in [6.45, 7) is 1.86. The summed E-state index contributed by atoms with van der Waals surface area (Å²) in [5.74, 6) is 0. The van der Waals surface area contributed by atoms with Crippen LogP contribution in [0.3, 0.4) is 0 Å². The lowest BCUT2D eigenvalue weighted by molar-refractivity contribution is 0.0595. The van der Waals surface area contributed by atoms with Crippen LogP contribution in [0.4, 0.5) is 5.69 Å². The van der Waals surface area contributed by atoms with Crippen molar-refractivity contribution in [2.45, 2.75) is 25.4 Å². The van der Waals surface area contributed by atoms with E-state index in [-0.39, 0.29) is 0 Å². The first-order valence-electron chi connectivity index (χ1n) is 4.21. The van der Waals surface area contributed by atoms with Crippen molar-refractivity contribution in [3.8, 4) is 0 Å². The molecule has 1 aromatic carbocycles. The first-order valence-corrected chi connectivity index (χ1v) is 4.21. The van der Waals surface area contributed by atoms with E-state index in [1.807, 2.05) is 25.1 Å². The minimum Gasteiger partial charge on any atom is -0.399 e. The molecule has 0 saturated heterocycles. The summed E-state index contributed by atoms with van der Waals surface area (Å²) in [6, 6.07) is 5.73. The molecular weight excluding hydrogens is 150 g/mol. The third-order valence-electron chi connectivity index (χ3n) is 2.59. The van der Waals surface area contributed by atoms with Crippen LogP contribution in [0, 0.1) is 0 Å². The van der Waals surface area contributed by atoms with Gasteiger partial charge in [-0.15, -0.1) is 0 Å². The lowest BCUT2D eigenvalue weighted by atomic mass is 9.98. The number of aryl methyl sites for hydroxylation is 1. The van der Waals surface area contributed by atoms with Crippen molar-refractivity contribution < 1.29 is 5.11 Å².